The topological polar surface area (TPSA) is 30.2 Å². The summed E-state index contributed by atoms with van der Waals surface area (Å²) < 4.78 is 20.9. The average molecular weight is 443 g/mol. The number of unbranched alkanes of at least 4 members (excludes halogenated alkanes) is 4. The highest BCUT2D eigenvalue weighted by Crippen LogP contribution is 2.30. The summed E-state index contributed by atoms with van der Waals surface area (Å²) in [5, 5.41) is 0.630. The van der Waals surface area contributed by atoms with E-state index in [9.17, 15) is 4.79 Å². The molecule has 0 bridgehead atoms. The molecular formula is C30H31FO2. The van der Waals surface area contributed by atoms with Crippen molar-refractivity contribution in [2.75, 3.05) is 0 Å². The Morgan fingerprint density at radius 1 is 0.758 bits per heavy atom. The molecule has 1 heterocycles. The van der Waals surface area contributed by atoms with Crippen molar-refractivity contribution in [2.45, 2.75) is 58.8 Å². The maximum absolute atomic E-state index is 15.4. The molecule has 0 N–H and O–H groups in total. The fraction of sp³-hybridized carbons (Fsp3) is 0.300. The molecule has 2 nitrogen and oxygen atoms in total. The SMILES string of the molecule is CCCCCCCc1cc2ccc(-c3ccc(-c4ccc(CC)cc4)cc3)c(F)c2c(=O)o1. The Morgan fingerprint density at radius 2 is 1.39 bits per heavy atom. The van der Waals surface area contributed by atoms with Crippen LogP contribution < -0.4 is 5.63 Å². The molecule has 170 valence electrons. The van der Waals surface area contributed by atoms with Gasteiger partial charge in [-0.15, -0.1) is 0 Å². The van der Waals surface area contributed by atoms with Crippen LogP contribution in [-0.4, -0.2) is 0 Å². The molecule has 0 saturated heterocycles. The van der Waals surface area contributed by atoms with E-state index in [0.29, 0.717) is 23.1 Å². The fourth-order valence-corrected chi connectivity index (χ4v) is 4.32. The van der Waals surface area contributed by atoms with Crippen molar-refractivity contribution in [3.8, 4) is 22.3 Å². The molecule has 1 aromatic heterocycles. The summed E-state index contributed by atoms with van der Waals surface area (Å²) >= 11 is 0. The van der Waals surface area contributed by atoms with Crippen LogP contribution in [0.1, 0.15) is 57.3 Å². The van der Waals surface area contributed by atoms with Crippen LogP contribution in [0.25, 0.3) is 33.0 Å². The number of halogens is 1. The van der Waals surface area contributed by atoms with E-state index in [0.717, 1.165) is 36.0 Å². The molecule has 0 aliphatic heterocycles. The molecule has 0 saturated carbocycles. The van der Waals surface area contributed by atoms with E-state index >= 15 is 4.39 Å². The van der Waals surface area contributed by atoms with Gasteiger partial charge in [0.15, 0.2) is 0 Å². The Balaban J connectivity index is 1.58. The van der Waals surface area contributed by atoms with Gasteiger partial charge in [0.25, 0.3) is 0 Å². The molecular weight excluding hydrogens is 411 g/mol. The predicted octanol–water partition coefficient (Wildman–Crippen LogP) is 8.34. The summed E-state index contributed by atoms with van der Waals surface area (Å²) in [4.78, 5) is 12.6. The Morgan fingerprint density at radius 3 is 2.06 bits per heavy atom. The number of hydrogen-bond donors (Lipinski definition) is 0. The van der Waals surface area contributed by atoms with Gasteiger partial charge >= 0.3 is 5.63 Å². The maximum atomic E-state index is 15.4. The van der Waals surface area contributed by atoms with Gasteiger partial charge in [-0.3, -0.25) is 0 Å². The molecule has 0 atom stereocenters. The lowest BCUT2D eigenvalue weighted by Gasteiger charge is -2.09. The summed E-state index contributed by atoms with van der Waals surface area (Å²) in [6, 6.07) is 21.7. The zero-order valence-electron chi connectivity index (χ0n) is 19.5. The molecule has 0 radical (unpaired) electrons. The summed E-state index contributed by atoms with van der Waals surface area (Å²) in [7, 11) is 0. The van der Waals surface area contributed by atoms with E-state index < -0.39 is 11.4 Å². The van der Waals surface area contributed by atoms with E-state index in [4.69, 9.17) is 4.42 Å². The summed E-state index contributed by atoms with van der Waals surface area (Å²) in [6.45, 7) is 4.32. The molecule has 0 aliphatic rings. The van der Waals surface area contributed by atoms with Gasteiger partial charge in [0.05, 0.1) is 0 Å². The van der Waals surface area contributed by atoms with Crippen LogP contribution in [0.2, 0.25) is 0 Å². The lowest BCUT2D eigenvalue weighted by molar-refractivity contribution is 0.453. The molecule has 0 aliphatic carbocycles. The quantitative estimate of drug-likeness (QED) is 0.244. The number of aryl methyl sites for hydroxylation is 2. The first kappa shape index (κ1) is 23.0. The summed E-state index contributed by atoms with van der Waals surface area (Å²) in [6.07, 6.45) is 7.41. The van der Waals surface area contributed by atoms with Crippen LogP contribution in [0.5, 0.6) is 0 Å². The van der Waals surface area contributed by atoms with Gasteiger partial charge in [0, 0.05) is 12.0 Å². The maximum Gasteiger partial charge on any atom is 0.346 e. The second-order valence-corrected chi connectivity index (χ2v) is 8.68. The lowest BCUT2D eigenvalue weighted by Crippen LogP contribution is -2.05. The number of fused-ring (bicyclic) bond motifs is 1. The second kappa shape index (κ2) is 10.6. The fourth-order valence-electron chi connectivity index (χ4n) is 4.32. The number of benzene rings is 3. The first-order chi connectivity index (χ1) is 16.1. The normalized spacial score (nSPS) is 11.2. The van der Waals surface area contributed by atoms with E-state index in [2.05, 4.69) is 38.1 Å². The largest absolute Gasteiger partial charge is 0.427 e. The van der Waals surface area contributed by atoms with Crippen molar-refractivity contribution in [1.29, 1.82) is 0 Å². The molecule has 0 spiro atoms. The van der Waals surface area contributed by atoms with Gasteiger partial charge in [-0.1, -0.05) is 100 Å². The van der Waals surface area contributed by atoms with E-state index in [-0.39, 0.29) is 5.39 Å². The van der Waals surface area contributed by atoms with Crippen molar-refractivity contribution in [1.82, 2.24) is 0 Å². The van der Waals surface area contributed by atoms with Crippen molar-refractivity contribution >= 4 is 10.8 Å². The first-order valence-electron chi connectivity index (χ1n) is 12.1. The Kier molecular flexibility index (Phi) is 7.39. The molecule has 0 amide bonds. The third-order valence-corrected chi connectivity index (χ3v) is 6.34. The van der Waals surface area contributed by atoms with Gasteiger partial charge in [0.1, 0.15) is 17.0 Å². The second-order valence-electron chi connectivity index (χ2n) is 8.68. The van der Waals surface area contributed by atoms with Crippen molar-refractivity contribution < 1.29 is 8.81 Å². The van der Waals surface area contributed by atoms with Gasteiger partial charge in [-0.2, -0.15) is 0 Å². The molecule has 4 aromatic rings. The van der Waals surface area contributed by atoms with Gasteiger partial charge in [-0.25, -0.2) is 9.18 Å². The van der Waals surface area contributed by atoms with E-state index in [1.165, 1.54) is 24.8 Å². The Labute approximate surface area is 195 Å². The molecule has 4 rings (SSSR count). The highest BCUT2D eigenvalue weighted by molar-refractivity contribution is 5.87. The highest BCUT2D eigenvalue weighted by atomic mass is 19.1. The van der Waals surface area contributed by atoms with Crippen molar-refractivity contribution in [2.24, 2.45) is 0 Å². The average Bonchev–Trinajstić information content (AvgIpc) is 2.84. The minimum Gasteiger partial charge on any atom is -0.427 e. The summed E-state index contributed by atoms with van der Waals surface area (Å²) in [5.74, 6) is 0.116. The summed E-state index contributed by atoms with van der Waals surface area (Å²) in [5.41, 5.74) is 4.05. The third kappa shape index (κ3) is 5.24. The number of hydrogen-bond acceptors (Lipinski definition) is 2. The van der Waals surface area contributed by atoms with Crippen LogP contribution in [0.3, 0.4) is 0 Å². The predicted molar refractivity (Wildman–Crippen MR) is 135 cm³/mol. The standard InChI is InChI=1S/C30H31FO2/c1-3-5-6-7-8-9-26-20-25-18-19-27(29(31)28(25)30(32)33-26)24-16-14-23(15-17-24)22-12-10-21(4-2)11-13-22/h10-20H,3-9H2,1-2H3. The number of rotatable bonds is 9. The molecule has 3 aromatic carbocycles. The Bertz CT molecular complexity index is 1270. The van der Waals surface area contributed by atoms with Gasteiger partial charge in [0.2, 0.25) is 0 Å². The third-order valence-electron chi connectivity index (χ3n) is 6.34. The van der Waals surface area contributed by atoms with Gasteiger partial charge in [-0.05, 0) is 46.5 Å². The zero-order valence-corrected chi connectivity index (χ0v) is 19.5. The zero-order chi connectivity index (χ0) is 23.2. The first-order valence-corrected chi connectivity index (χ1v) is 12.1. The van der Waals surface area contributed by atoms with Crippen molar-refractivity contribution in [3.63, 3.8) is 0 Å². The van der Waals surface area contributed by atoms with E-state index in [1.807, 2.05) is 36.4 Å². The molecule has 33 heavy (non-hydrogen) atoms. The molecule has 3 heteroatoms. The van der Waals surface area contributed by atoms with Crippen LogP contribution >= 0.6 is 0 Å². The van der Waals surface area contributed by atoms with Gasteiger partial charge < -0.3 is 4.42 Å². The molecule has 0 unspecified atom stereocenters. The minimum absolute atomic E-state index is 0.0291. The monoisotopic (exact) mass is 442 g/mol. The highest BCUT2D eigenvalue weighted by Gasteiger charge is 2.15. The van der Waals surface area contributed by atoms with Crippen molar-refractivity contribution in [3.05, 3.63) is 94.3 Å². The molecule has 0 fully saturated rings. The van der Waals surface area contributed by atoms with Crippen LogP contribution in [-0.2, 0) is 12.8 Å². The van der Waals surface area contributed by atoms with Crippen LogP contribution in [0.15, 0.2) is 75.9 Å². The van der Waals surface area contributed by atoms with E-state index in [1.54, 1.807) is 6.07 Å². The van der Waals surface area contributed by atoms with Crippen LogP contribution in [0, 0.1) is 5.82 Å². The Hall–Kier alpha value is -3.20. The lowest BCUT2D eigenvalue weighted by atomic mass is 9.97. The smallest absolute Gasteiger partial charge is 0.346 e. The minimum atomic E-state index is -0.594. The van der Waals surface area contributed by atoms with Crippen LogP contribution in [0.4, 0.5) is 4.39 Å².